The smallest absolute Gasteiger partial charge is 0.151 e. The molecule has 1 aromatic heterocycles. The summed E-state index contributed by atoms with van der Waals surface area (Å²) in [5.74, 6) is 0. The Morgan fingerprint density at radius 2 is 1.72 bits per heavy atom. The molecule has 2 aromatic carbocycles. The summed E-state index contributed by atoms with van der Waals surface area (Å²) in [6.07, 6.45) is 0. The number of thiazole rings is 1. The summed E-state index contributed by atoms with van der Waals surface area (Å²) in [7, 11) is 0. The predicted octanol–water partition coefficient (Wildman–Crippen LogP) is 5.15. The summed E-state index contributed by atoms with van der Waals surface area (Å²) in [6, 6.07) is 18.9. The van der Waals surface area contributed by atoms with Gasteiger partial charge in [0.2, 0.25) is 0 Å². The van der Waals surface area contributed by atoms with Gasteiger partial charge in [-0.25, -0.2) is 4.98 Å². The highest BCUT2D eigenvalue weighted by Crippen LogP contribution is 2.38. The molecule has 0 aliphatic heterocycles. The average molecular weight is 271 g/mol. The van der Waals surface area contributed by atoms with Gasteiger partial charge >= 0.3 is 0 Å². The molecule has 0 radical (unpaired) electrons. The molecule has 1 atom stereocenters. The van der Waals surface area contributed by atoms with Crippen molar-refractivity contribution in [3.8, 4) is 0 Å². The number of hydrogen-bond acceptors (Lipinski definition) is 3. The quantitative estimate of drug-likeness (QED) is 0.611. The van der Waals surface area contributed by atoms with Gasteiger partial charge in [-0.2, -0.15) is 0 Å². The van der Waals surface area contributed by atoms with Crippen LogP contribution < -0.4 is 0 Å². The molecule has 0 aliphatic carbocycles. The van der Waals surface area contributed by atoms with Crippen LogP contribution in [0.3, 0.4) is 0 Å². The van der Waals surface area contributed by atoms with Crippen molar-refractivity contribution >= 4 is 33.3 Å². The first kappa shape index (κ1) is 11.8. The van der Waals surface area contributed by atoms with E-state index in [9.17, 15) is 0 Å². The van der Waals surface area contributed by atoms with E-state index in [1.54, 1.807) is 11.3 Å². The van der Waals surface area contributed by atoms with E-state index in [1.165, 1.54) is 10.3 Å². The molecule has 1 nitrogen and oxygen atoms in total. The lowest BCUT2D eigenvalue weighted by atomic mass is 10.2. The van der Waals surface area contributed by atoms with Crippen LogP contribution in [0.25, 0.3) is 10.2 Å². The molecule has 90 valence electrons. The maximum atomic E-state index is 4.66. The molecule has 0 amide bonds. The first-order chi connectivity index (χ1) is 8.83. The van der Waals surface area contributed by atoms with Gasteiger partial charge in [0.05, 0.1) is 10.2 Å². The van der Waals surface area contributed by atoms with Gasteiger partial charge in [0.1, 0.15) is 0 Å². The molecule has 0 N–H and O–H groups in total. The van der Waals surface area contributed by atoms with Crippen LogP contribution in [-0.2, 0) is 0 Å². The number of para-hydroxylation sites is 1. The van der Waals surface area contributed by atoms with E-state index in [2.05, 4.69) is 60.4 Å². The highest BCUT2D eigenvalue weighted by atomic mass is 32.2. The highest BCUT2D eigenvalue weighted by molar-refractivity contribution is 8.01. The molecule has 0 unspecified atom stereocenters. The van der Waals surface area contributed by atoms with Crippen LogP contribution in [0.4, 0.5) is 0 Å². The number of aromatic nitrogens is 1. The van der Waals surface area contributed by atoms with Gasteiger partial charge in [0, 0.05) is 5.25 Å². The zero-order chi connectivity index (χ0) is 12.4. The molecule has 0 bridgehead atoms. The summed E-state index contributed by atoms with van der Waals surface area (Å²) in [4.78, 5) is 4.66. The molecule has 3 rings (SSSR count). The number of rotatable bonds is 3. The van der Waals surface area contributed by atoms with Gasteiger partial charge in [-0.15, -0.1) is 11.3 Å². The van der Waals surface area contributed by atoms with Crippen molar-refractivity contribution in [2.75, 3.05) is 0 Å². The van der Waals surface area contributed by atoms with Gasteiger partial charge in [-0.3, -0.25) is 0 Å². The van der Waals surface area contributed by atoms with Crippen LogP contribution in [0.2, 0.25) is 0 Å². The minimum Gasteiger partial charge on any atom is -0.230 e. The van der Waals surface area contributed by atoms with E-state index in [0.29, 0.717) is 5.25 Å². The lowest BCUT2D eigenvalue weighted by Gasteiger charge is -2.08. The lowest BCUT2D eigenvalue weighted by molar-refractivity contribution is 1.09. The Labute approximate surface area is 115 Å². The average Bonchev–Trinajstić information content (AvgIpc) is 2.82. The summed E-state index contributed by atoms with van der Waals surface area (Å²) in [5, 5.41) is 0.437. The van der Waals surface area contributed by atoms with Crippen molar-refractivity contribution < 1.29 is 0 Å². The van der Waals surface area contributed by atoms with Crippen molar-refractivity contribution in [1.82, 2.24) is 4.98 Å². The third-order valence-corrected chi connectivity index (χ3v) is 5.11. The highest BCUT2D eigenvalue weighted by Gasteiger charge is 2.10. The van der Waals surface area contributed by atoms with E-state index in [-0.39, 0.29) is 0 Å². The van der Waals surface area contributed by atoms with Gasteiger partial charge in [0.25, 0.3) is 0 Å². The van der Waals surface area contributed by atoms with Crippen LogP contribution >= 0.6 is 23.1 Å². The molecule has 0 aliphatic rings. The van der Waals surface area contributed by atoms with Gasteiger partial charge in [-0.1, -0.05) is 54.2 Å². The zero-order valence-corrected chi connectivity index (χ0v) is 11.7. The molecular weight excluding hydrogens is 258 g/mol. The zero-order valence-electron chi connectivity index (χ0n) is 10.0. The van der Waals surface area contributed by atoms with Crippen molar-refractivity contribution in [3.63, 3.8) is 0 Å². The molecule has 18 heavy (non-hydrogen) atoms. The standard InChI is InChI=1S/C15H13NS2/c1-11(12-7-3-2-4-8-12)17-15-16-13-9-5-6-10-14(13)18-15/h2-11H,1H3/t11-/m0/s1. The third kappa shape index (κ3) is 2.42. The Hall–Kier alpha value is -1.32. The number of hydrogen-bond donors (Lipinski definition) is 0. The van der Waals surface area contributed by atoms with Crippen LogP contribution in [0.1, 0.15) is 17.7 Å². The Morgan fingerprint density at radius 1 is 1.00 bits per heavy atom. The van der Waals surface area contributed by atoms with Crippen molar-refractivity contribution in [3.05, 3.63) is 60.2 Å². The second-order valence-electron chi connectivity index (χ2n) is 4.12. The summed E-state index contributed by atoms with van der Waals surface area (Å²) in [5.41, 5.74) is 2.45. The summed E-state index contributed by atoms with van der Waals surface area (Å²) in [6.45, 7) is 2.23. The molecule has 0 saturated heterocycles. The molecule has 0 spiro atoms. The van der Waals surface area contributed by atoms with E-state index in [1.807, 2.05) is 17.8 Å². The van der Waals surface area contributed by atoms with Gasteiger partial charge < -0.3 is 0 Å². The normalized spacial score (nSPS) is 12.7. The first-order valence-electron chi connectivity index (χ1n) is 5.90. The predicted molar refractivity (Wildman–Crippen MR) is 80.3 cm³/mol. The molecule has 1 heterocycles. The minimum atomic E-state index is 0.437. The lowest BCUT2D eigenvalue weighted by Crippen LogP contribution is -1.86. The fourth-order valence-electron chi connectivity index (χ4n) is 1.84. The Kier molecular flexibility index (Phi) is 3.35. The molecule has 0 fully saturated rings. The molecule has 3 aromatic rings. The van der Waals surface area contributed by atoms with Crippen LogP contribution in [-0.4, -0.2) is 4.98 Å². The van der Waals surface area contributed by atoms with E-state index < -0.39 is 0 Å². The topological polar surface area (TPSA) is 12.9 Å². The monoisotopic (exact) mass is 271 g/mol. The largest absolute Gasteiger partial charge is 0.230 e. The summed E-state index contributed by atoms with van der Waals surface area (Å²) >= 11 is 3.60. The number of fused-ring (bicyclic) bond motifs is 1. The van der Waals surface area contributed by atoms with Crippen molar-refractivity contribution in [2.24, 2.45) is 0 Å². The second-order valence-corrected chi connectivity index (χ2v) is 6.74. The van der Waals surface area contributed by atoms with E-state index in [4.69, 9.17) is 0 Å². The maximum Gasteiger partial charge on any atom is 0.151 e. The Balaban J connectivity index is 1.84. The summed E-state index contributed by atoms with van der Waals surface area (Å²) < 4.78 is 2.41. The molecular formula is C15H13NS2. The van der Waals surface area contributed by atoms with Crippen LogP contribution in [0.15, 0.2) is 58.9 Å². The SMILES string of the molecule is C[C@H](Sc1nc2ccccc2s1)c1ccccc1. The molecule has 0 saturated carbocycles. The van der Waals surface area contributed by atoms with Crippen LogP contribution in [0.5, 0.6) is 0 Å². The van der Waals surface area contributed by atoms with Crippen molar-refractivity contribution in [1.29, 1.82) is 0 Å². The first-order valence-corrected chi connectivity index (χ1v) is 7.60. The third-order valence-electron chi connectivity index (χ3n) is 2.82. The fourth-order valence-corrected chi connectivity index (χ4v) is 4.18. The number of nitrogens with zero attached hydrogens (tertiary/aromatic N) is 1. The maximum absolute atomic E-state index is 4.66. The molecule has 3 heteroatoms. The van der Waals surface area contributed by atoms with E-state index >= 15 is 0 Å². The van der Waals surface area contributed by atoms with Gasteiger partial charge in [-0.05, 0) is 24.6 Å². The van der Waals surface area contributed by atoms with Gasteiger partial charge in [0.15, 0.2) is 4.34 Å². The second kappa shape index (κ2) is 5.12. The van der Waals surface area contributed by atoms with Crippen molar-refractivity contribution in [2.45, 2.75) is 16.5 Å². The Morgan fingerprint density at radius 3 is 2.50 bits per heavy atom. The minimum absolute atomic E-state index is 0.437. The number of benzene rings is 2. The Bertz CT molecular complexity index is 613. The fraction of sp³-hybridized carbons (Fsp3) is 0.133. The van der Waals surface area contributed by atoms with E-state index in [0.717, 1.165) is 9.86 Å². The van der Waals surface area contributed by atoms with Crippen LogP contribution in [0, 0.1) is 0 Å². The number of thioether (sulfide) groups is 1.